The Labute approximate surface area is 164 Å². The summed E-state index contributed by atoms with van der Waals surface area (Å²) in [6, 6.07) is 16.5. The first-order chi connectivity index (χ1) is 13.9. The smallest absolute Gasteiger partial charge is 0.120 e. The predicted molar refractivity (Wildman–Crippen MR) is 112 cm³/mol. The number of pyridine rings is 2. The minimum atomic E-state index is 0.731. The number of aromatic nitrogens is 2. The molecule has 2 aromatic heterocycles. The van der Waals surface area contributed by atoms with E-state index < -0.39 is 0 Å². The van der Waals surface area contributed by atoms with E-state index in [1.807, 2.05) is 36.7 Å². The minimum Gasteiger partial charge on any atom is -0.494 e. The van der Waals surface area contributed by atoms with E-state index in [1.165, 1.54) is 0 Å². The molecule has 5 rings (SSSR count). The van der Waals surface area contributed by atoms with Gasteiger partial charge < -0.3 is 9.47 Å². The molecule has 4 nitrogen and oxygen atoms in total. The third-order valence-electron chi connectivity index (χ3n) is 5.28. The van der Waals surface area contributed by atoms with Gasteiger partial charge in [0, 0.05) is 23.2 Å². The fourth-order valence-electron chi connectivity index (χ4n) is 3.79. The lowest BCUT2D eigenvalue weighted by Crippen LogP contribution is -2.01. The molecule has 0 radical (unpaired) electrons. The van der Waals surface area contributed by atoms with E-state index in [0.717, 1.165) is 83.3 Å². The highest BCUT2D eigenvalue weighted by molar-refractivity contribution is 6.02. The number of hydrogen-bond donors (Lipinski definition) is 0. The van der Waals surface area contributed by atoms with Crippen LogP contribution in [-0.4, -0.2) is 23.2 Å². The summed E-state index contributed by atoms with van der Waals surface area (Å²) in [5.74, 6) is 1.77. The summed E-state index contributed by atoms with van der Waals surface area (Å²) >= 11 is 0. The van der Waals surface area contributed by atoms with Crippen molar-refractivity contribution in [2.75, 3.05) is 13.2 Å². The van der Waals surface area contributed by atoms with Gasteiger partial charge in [0.15, 0.2) is 0 Å². The van der Waals surface area contributed by atoms with E-state index in [4.69, 9.17) is 19.4 Å². The summed E-state index contributed by atoms with van der Waals surface area (Å²) in [4.78, 5) is 9.39. The first-order valence-corrected chi connectivity index (χ1v) is 9.92. The lowest BCUT2D eigenvalue weighted by molar-refractivity contribution is 0.288. The maximum atomic E-state index is 6.01. The van der Waals surface area contributed by atoms with Crippen molar-refractivity contribution in [2.45, 2.75) is 25.7 Å². The van der Waals surface area contributed by atoms with Gasteiger partial charge in [-0.25, -0.2) is 0 Å². The number of ether oxygens (including phenoxy) is 2. The monoisotopic (exact) mass is 370 g/mol. The van der Waals surface area contributed by atoms with Crippen LogP contribution < -0.4 is 9.47 Å². The molecule has 1 aliphatic rings. The van der Waals surface area contributed by atoms with E-state index in [-0.39, 0.29) is 0 Å². The molecule has 0 saturated carbocycles. The zero-order chi connectivity index (χ0) is 18.8. The highest BCUT2D eigenvalue weighted by atomic mass is 16.5. The summed E-state index contributed by atoms with van der Waals surface area (Å²) in [7, 11) is 0. The minimum absolute atomic E-state index is 0.731. The molecule has 1 aliphatic heterocycles. The van der Waals surface area contributed by atoms with Crippen molar-refractivity contribution in [1.29, 1.82) is 0 Å². The molecule has 0 spiro atoms. The molecule has 28 heavy (non-hydrogen) atoms. The predicted octanol–water partition coefficient (Wildman–Crippen LogP) is 5.78. The van der Waals surface area contributed by atoms with Crippen LogP contribution in [-0.2, 0) is 0 Å². The Bertz CT molecular complexity index is 1050. The van der Waals surface area contributed by atoms with Crippen LogP contribution in [0.5, 0.6) is 11.5 Å². The number of nitrogens with zero attached hydrogens (tertiary/aromatic N) is 2. The lowest BCUT2D eigenvalue weighted by atomic mass is 10.0. The van der Waals surface area contributed by atoms with Crippen molar-refractivity contribution in [1.82, 2.24) is 9.97 Å². The Morgan fingerprint density at radius 1 is 0.571 bits per heavy atom. The van der Waals surface area contributed by atoms with Gasteiger partial charge in [0.1, 0.15) is 11.5 Å². The Balaban J connectivity index is 1.73. The van der Waals surface area contributed by atoms with Gasteiger partial charge in [-0.3, -0.25) is 9.97 Å². The van der Waals surface area contributed by atoms with Crippen LogP contribution in [0, 0.1) is 0 Å². The van der Waals surface area contributed by atoms with Crippen LogP contribution in [0.2, 0.25) is 0 Å². The maximum absolute atomic E-state index is 6.01. The van der Waals surface area contributed by atoms with E-state index >= 15 is 0 Å². The second kappa shape index (κ2) is 7.47. The summed E-state index contributed by atoms with van der Waals surface area (Å²) in [6.07, 6.45) is 8.09. The van der Waals surface area contributed by atoms with Crippen LogP contribution in [0.1, 0.15) is 25.7 Å². The van der Waals surface area contributed by atoms with Crippen LogP contribution >= 0.6 is 0 Å². The molecule has 0 amide bonds. The van der Waals surface area contributed by atoms with Crippen molar-refractivity contribution in [3.05, 3.63) is 60.9 Å². The molecular formula is C24H22N2O2. The van der Waals surface area contributed by atoms with Gasteiger partial charge >= 0.3 is 0 Å². The average molecular weight is 370 g/mol. The van der Waals surface area contributed by atoms with Crippen molar-refractivity contribution in [2.24, 2.45) is 0 Å². The fourth-order valence-corrected chi connectivity index (χ4v) is 3.79. The van der Waals surface area contributed by atoms with Gasteiger partial charge in [0.2, 0.25) is 0 Å². The van der Waals surface area contributed by atoms with Gasteiger partial charge in [-0.15, -0.1) is 0 Å². The number of benzene rings is 2. The van der Waals surface area contributed by atoms with Gasteiger partial charge in [0.25, 0.3) is 0 Å². The standard InChI is InChI=1S/C24H22N2O2/c1-2-4-14-28-20-8-6-18-10-12-26-24(22(18)16-20)23-21-15-19(27-13-3-1)7-5-17(21)9-11-25-23/h5-12,15-16H,1-4,13-14H2. The van der Waals surface area contributed by atoms with Gasteiger partial charge in [0.05, 0.1) is 24.6 Å². The molecule has 4 aromatic rings. The third-order valence-corrected chi connectivity index (χ3v) is 5.28. The molecular weight excluding hydrogens is 348 g/mol. The van der Waals surface area contributed by atoms with Crippen LogP contribution in [0.3, 0.4) is 0 Å². The average Bonchev–Trinajstić information content (AvgIpc) is 2.74. The molecule has 0 unspecified atom stereocenters. The molecule has 2 aromatic carbocycles. The molecule has 3 heterocycles. The molecule has 0 atom stereocenters. The van der Waals surface area contributed by atoms with Crippen LogP contribution in [0.4, 0.5) is 0 Å². The highest BCUT2D eigenvalue weighted by Crippen LogP contribution is 2.34. The van der Waals surface area contributed by atoms with E-state index in [0.29, 0.717) is 0 Å². The molecule has 4 bridgehead atoms. The third kappa shape index (κ3) is 3.26. The Kier molecular flexibility index (Phi) is 4.53. The number of fused-ring (bicyclic) bond motifs is 3. The molecule has 0 aliphatic carbocycles. The lowest BCUT2D eigenvalue weighted by Gasteiger charge is -2.13. The second-order valence-electron chi connectivity index (χ2n) is 7.20. The number of rotatable bonds is 0. The van der Waals surface area contributed by atoms with Crippen molar-refractivity contribution in [3.63, 3.8) is 0 Å². The summed E-state index contributed by atoms with van der Waals surface area (Å²) < 4.78 is 12.0. The molecule has 0 fully saturated rings. The second-order valence-corrected chi connectivity index (χ2v) is 7.20. The summed E-state index contributed by atoms with van der Waals surface area (Å²) in [6.45, 7) is 1.46. The Hall–Kier alpha value is -3.14. The van der Waals surface area contributed by atoms with E-state index in [2.05, 4.69) is 24.3 Å². The molecule has 0 N–H and O–H groups in total. The normalized spacial score (nSPS) is 14.9. The molecule has 0 saturated heterocycles. The molecule has 4 heteroatoms. The SMILES string of the molecule is c1cc2ccc3cc2c(n1)-c1nccc2ccc(cc12)OCCCCCCO3. The quantitative estimate of drug-likeness (QED) is 0.393. The Morgan fingerprint density at radius 3 is 1.57 bits per heavy atom. The van der Waals surface area contributed by atoms with Crippen molar-refractivity contribution >= 4 is 21.5 Å². The zero-order valence-electron chi connectivity index (χ0n) is 15.7. The van der Waals surface area contributed by atoms with Crippen molar-refractivity contribution in [3.8, 4) is 22.9 Å². The first-order valence-electron chi connectivity index (χ1n) is 9.92. The molecule has 140 valence electrons. The first kappa shape index (κ1) is 17.0. The Morgan fingerprint density at radius 2 is 1.07 bits per heavy atom. The van der Waals surface area contributed by atoms with Crippen LogP contribution in [0.15, 0.2) is 60.9 Å². The van der Waals surface area contributed by atoms with Gasteiger partial charge in [-0.1, -0.05) is 12.1 Å². The van der Waals surface area contributed by atoms with Gasteiger partial charge in [-0.05, 0) is 72.9 Å². The summed E-state index contributed by atoms with van der Waals surface area (Å²) in [5, 5.41) is 4.37. The fraction of sp³-hybridized carbons (Fsp3) is 0.250. The van der Waals surface area contributed by atoms with Gasteiger partial charge in [-0.2, -0.15) is 0 Å². The van der Waals surface area contributed by atoms with E-state index in [1.54, 1.807) is 0 Å². The topological polar surface area (TPSA) is 44.2 Å². The summed E-state index contributed by atoms with van der Waals surface area (Å²) in [5.41, 5.74) is 1.75. The zero-order valence-corrected chi connectivity index (χ0v) is 15.7. The van der Waals surface area contributed by atoms with Crippen molar-refractivity contribution < 1.29 is 9.47 Å². The number of hydrogen-bond acceptors (Lipinski definition) is 4. The maximum Gasteiger partial charge on any atom is 0.120 e. The van der Waals surface area contributed by atoms with E-state index in [9.17, 15) is 0 Å². The van der Waals surface area contributed by atoms with Crippen LogP contribution in [0.25, 0.3) is 32.9 Å². The largest absolute Gasteiger partial charge is 0.494 e. The highest BCUT2D eigenvalue weighted by Gasteiger charge is 2.13.